The molecule has 3 aromatic rings. The third kappa shape index (κ3) is 4.15. The Bertz CT molecular complexity index is 1260. The molecule has 33 heavy (non-hydrogen) atoms. The molecule has 1 aliphatic heterocycles. The first-order valence-corrected chi connectivity index (χ1v) is 11.7. The molecule has 0 unspecified atom stereocenters. The predicted molar refractivity (Wildman–Crippen MR) is 113 cm³/mol. The highest BCUT2D eigenvalue weighted by Crippen LogP contribution is 2.29. The maximum Gasteiger partial charge on any atom is 0.286 e. The van der Waals surface area contributed by atoms with Gasteiger partial charge >= 0.3 is 0 Å². The van der Waals surface area contributed by atoms with Crippen molar-refractivity contribution in [3.05, 3.63) is 64.7 Å². The second-order valence-corrected chi connectivity index (χ2v) is 9.62. The van der Waals surface area contributed by atoms with Crippen LogP contribution in [0.3, 0.4) is 0 Å². The van der Waals surface area contributed by atoms with Crippen LogP contribution in [0.5, 0.6) is 0 Å². The van der Waals surface area contributed by atoms with E-state index in [1.807, 2.05) is 6.07 Å². The fourth-order valence-electron chi connectivity index (χ4n) is 4.09. The number of carbonyl (C=O) groups excluding carboxylic acids is 1. The highest BCUT2D eigenvalue weighted by Gasteiger charge is 2.34. The topological polar surface area (TPSA) is 110 Å². The standard InChI is InChI=1S/C21H23F2N5O4S/c1-13-20(14(2)27(24-13)11-19(22)23)33(31,32)28-9-16-8-26(10-18(16)25-28)21(30)17(12-29)15-6-4-3-5-7-15/h3-7,9,17,19,29H,8,10-12H2,1-2H3/t17-/m1/s1. The van der Waals surface area contributed by atoms with Gasteiger partial charge in [0.05, 0.1) is 36.2 Å². The first kappa shape index (κ1) is 23.1. The van der Waals surface area contributed by atoms with Crippen LogP contribution in [-0.4, -0.2) is 56.3 Å². The van der Waals surface area contributed by atoms with Crippen LogP contribution in [0.4, 0.5) is 8.78 Å². The number of rotatable bonds is 7. The quantitative estimate of drug-likeness (QED) is 0.554. The summed E-state index contributed by atoms with van der Waals surface area (Å²) in [5.74, 6) is -1.01. The number of hydrogen-bond donors (Lipinski definition) is 1. The molecular formula is C21H23F2N5O4S. The monoisotopic (exact) mass is 479 g/mol. The highest BCUT2D eigenvalue weighted by molar-refractivity contribution is 7.90. The molecule has 2 aromatic heterocycles. The first-order valence-electron chi connectivity index (χ1n) is 10.2. The van der Waals surface area contributed by atoms with E-state index in [4.69, 9.17) is 0 Å². The highest BCUT2D eigenvalue weighted by atomic mass is 32.2. The smallest absolute Gasteiger partial charge is 0.286 e. The first-order chi connectivity index (χ1) is 15.6. The van der Waals surface area contributed by atoms with E-state index in [0.29, 0.717) is 16.8 Å². The Morgan fingerprint density at radius 2 is 1.85 bits per heavy atom. The summed E-state index contributed by atoms with van der Waals surface area (Å²) in [4.78, 5) is 14.3. The zero-order chi connectivity index (χ0) is 23.9. The van der Waals surface area contributed by atoms with Gasteiger partial charge in [0.25, 0.3) is 16.4 Å². The fourth-order valence-corrected chi connectivity index (χ4v) is 5.65. The number of nitrogens with zero attached hydrogens (tertiary/aromatic N) is 5. The van der Waals surface area contributed by atoms with Crippen LogP contribution < -0.4 is 0 Å². The molecule has 3 heterocycles. The molecule has 0 radical (unpaired) electrons. The van der Waals surface area contributed by atoms with Crippen molar-refractivity contribution in [2.45, 2.75) is 50.7 Å². The van der Waals surface area contributed by atoms with Crippen LogP contribution in [0.25, 0.3) is 0 Å². The van der Waals surface area contributed by atoms with Crippen molar-refractivity contribution in [2.75, 3.05) is 6.61 Å². The molecule has 1 atom stereocenters. The Hall–Kier alpha value is -3.12. The van der Waals surface area contributed by atoms with E-state index in [9.17, 15) is 27.1 Å². The number of amides is 1. The predicted octanol–water partition coefficient (Wildman–Crippen LogP) is 1.82. The lowest BCUT2D eigenvalue weighted by molar-refractivity contribution is -0.134. The molecule has 0 bridgehead atoms. The Kier molecular flexibility index (Phi) is 6.06. The van der Waals surface area contributed by atoms with Crippen molar-refractivity contribution >= 4 is 15.9 Å². The summed E-state index contributed by atoms with van der Waals surface area (Å²) in [5.41, 5.74) is 1.89. The molecule has 1 amide bonds. The lowest BCUT2D eigenvalue weighted by Gasteiger charge is -2.22. The maximum atomic E-state index is 13.2. The van der Waals surface area contributed by atoms with Gasteiger partial charge in [-0.25, -0.2) is 8.78 Å². The van der Waals surface area contributed by atoms with Gasteiger partial charge < -0.3 is 10.0 Å². The summed E-state index contributed by atoms with van der Waals surface area (Å²) in [6, 6.07) is 8.91. The van der Waals surface area contributed by atoms with Crippen LogP contribution in [0.1, 0.15) is 34.1 Å². The van der Waals surface area contributed by atoms with Crippen molar-refractivity contribution in [2.24, 2.45) is 0 Å². The van der Waals surface area contributed by atoms with Gasteiger partial charge in [0.2, 0.25) is 5.91 Å². The summed E-state index contributed by atoms with van der Waals surface area (Å²) < 4.78 is 53.7. The minimum Gasteiger partial charge on any atom is -0.395 e. The van der Waals surface area contributed by atoms with Crippen molar-refractivity contribution in [3.8, 4) is 0 Å². The Morgan fingerprint density at radius 1 is 1.15 bits per heavy atom. The minimum absolute atomic E-state index is 0.0998. The Morgan fingerprint density at radius 3 is 2.45 bits per heavy atom. The third-order valence-electron chi connectivity index (χ3n) is 5.68. The van der Waals surface area contributed by atoms with E-state index in [0.717, 1.165) is 8.77 Å². The number of benzene rings is 1. The second kappa shape index (κ2) is 8.67. The number of aromatic nitrogens is 4. The molecule has 176 valence electrons. The number of aryl methyl sites for hydroxylation is 1. The van der Waals surface area contributed by atoms with E-state index in [1.54, 1.807) is 24.3 Å². The van der Waals surface area contributed by atoms with E-state index in [-0.39, 0.29) is 41.9 Å². The summed E-state index contributed by atoms with van der Waals surface area (Å²) >= 11 is 0. The second-order valence-electron chi connectivity index (χ2n) is 7.89. The molecule has 0 saturated carbocycles. The maximum absolute atomic E-state index is 13.2. The molecular weight excluding hydrogens is 456 g/mol. The van der Waals surface area contributed by atoms with Gasteiger partial charge in [-0.15, -0.1) is 0 Å². The van der Waals surface area contributed by atoms with Gasteiger partial charge in [0.1, 0.15) is 11.4 Å². The van der Waals surface area contributed by atoms with Crippen LogP contribution in [0.2, 0.25) is 0 Å². The number of alkyl halides is 2. The van der Waals surface area contributed by atoms with Crippen LogP contribution in [0.15, 0.2) is 41.4 Å². The molecule has 0 fully saturated rings. The zero-order valence-electron chi connectivity index (χ0n) is 18.0. The minimum atomic E-state index is -4.16. The van der Waals surface area contributed by atoms with Gasteiger partial charge in [-0.2, -0.15) is 22.7 Å². The Balaban J connectivity index is 1.57. The Labute approximate surface area is 189 Å². The van der Waals surface area contributed by atoms with Crippen LogP contribution >= 0.6 is 0 Å². The van der Waals surface area contributed by atoms with Crippen molar-refractivity contribution in [3.63, 3.8) is 0 Å². The third-order valence-corrected chi connectivity index (χ3v) is 7.47. The van der Waals surface area contributed by atoms with Crippen molar-refractivity contribution < 1.29 is 27.1 Å². The summed E-state index contributed by atoms with van der Waals surface area (Å²) in [5, 5.41) is 17.9. The van der Waals surface area contributed by atoms with E-state index >= 15 is 0 Å². The van der Waals surface area contributed by atoms with Crippen molar-refractivity contribution in [1.82, 2.24) is 23.9 Å². The summed E-state index contributed by atoms with van der Waals surface area (Å²) in [6.45, 7) is 2.05. The number of halogens is 2. The molecule has 4 rings (SSSR count). The molecule has 0 saturated heterocycles. The summed E-state index contributed by atoms with van der Waals surface area (Å²) in [6.07, 6.45) is -1.34. The molecule has 12 heteroatoms. The van der Waals surface area contributed by atoms with E-state index < -0.39 is 28.9 Å². The lowest BCUT2D eigenvalue weighted by atomic mass is 9.98. The number of aliphatic hydroxyl groups excluding tert-OH is 1. The molecule has 1 aliphatic rings. The SMILES string of the molecule is Cc1nn(CC(F)F)c(C)c1S(=O)(=O)n1cc2c(n1)CN(C(=O)[C@H](CO)c1ccccc1)C2. The molecule has 0 aliphatic carbocycles. The van der Waals surface area contributed by atoms with E-state index in [1.165, 1.54) is 24.9 Å². The molecule has 1 N–H and O–H groups in total. The zero-order valence-corrected chi connectivity index (χ0v) is 18.8. The molecule has 0 spiro atoms. The number of fused-ring (bicyclic) bond motifs is 1. The number of carbonyl (C=O) groups is 1. The lowest BCUT2D eigenvalue weighted by Crippen LogP contribution is -2.33. The van der Waals surface area contributed by atoms with Gasteiger partial charge in [-0.05, 0) is 19.4 Å². The van der Waals surface area contributed by atoms with Crippen LogP contribution in [0, 0.1) is 13.8 Å². The average Bonchev–Trinajstić information content (AvgIpc) is 3.41. The van der Waals surface area contributed by atoms with Gasteiger partial charge in [-0.3, -0.25) is 9.48 Å². The van der Waals surface area contributed by atoms with Crippen molar-refractivity contribution in [1.29, 1.82) is 0 Å². The van der Waals surface area contributed by atoms with Gasteiger partial charge in [0, 0.05) is 18.3 Å². The van der Waals surface area contributed by atoms with Gasteiger partial charge in [-0.1, -0.05) is 30.3 Å². The fraction of sp³-hybridized carbons (Fsp3) is 0.381. The number of aliphatic hydroxyl groups is 1. The molecule has 9 nitrogen and oxygen atoms in total. The normalized spacial score (nSPS) is 14.7. The van der Waals surface area contributed by atoms with Crippen LogP contribution in [-0.2, 0) is 34.5 Å². The largest absolute Gasteiger partial charge is 0.395 e. The van der Waals surface area contributed by atoms with Gasteiger partial charge in [0.15, 0.2) is 0 Å². The average molecular weight is 480 g/mol. The number of hydrogen-bond acceptors (Lipinski definition) is 6. The summed E-state index contributed by atoms with van der Waals surface area (Å²) in [7, 11) is -4.16. The molecule has 1 aromatic carbocycles. The van der Waals surface area contributed by atoms with E-state index in [2.05, 4.69) is 10.2 Å².